The number of hydrogen-bond donors (Lipinski definition) is 0. The van der Waals surface area contributed by atoms with Gasteiger partial charge in [-0.15, -0.1) is 0 Å². The van der Waals surface area contributed by atoms with Gasteiger partial charge in [0.1, 0.15) is 0 Å². The van der Waals surface area contributed by atoms with Crippen molar-refractivity contribution in [3.63, 3.8) is 0 Å². The Morgan fingerprint density at radius 2 is 1.58 bits per heavy atom. The number of fused-ring (bicyclic) bond motifs is 1. The molecule has 98 valence electrons. The maximum Gasteiger partial charge on any atom is 0.238 e. The number of carbonyl (C=O) groups excluding carboxylic acids is 2. The number of benzene rings is 1. The maximum atomic E-state index is 12.5. The van der Waals surface area contributed by atoms with E-state index in [0.29, 0.717) is 12.8 Å². The molecule has 2 atom stereocenters. The second-order valence-electron chi connectivity index (χ2n) is 5.46. The summed E-state index contributed by atoms with van der Waals surface area (Å²) in [7, 11) is 0. The summed E-state index contributed by atoms with van der Waals surface area (Å²) >= 11 is 0. The van der Waals surface area contributed by atoms with Gasteiger partial charge in [0.25, 0.3) is 0 Å². The van der Waals surface area contributed by atoms with Crippen LogP contribution in [0.5, 0.6) is 0 Å². The minimum Gasteiger partial charge on any atom is -0.274 e. The maximum absolute atomic E-state index is 12.5. The van der Waals surface area contributed by atoms with Gasteiger partial charge in [-0.25, -0.2) is 4.90 Å². The zero-order valence-electron chi connectivity index (χ0n) is 11.2. The smallest absolute Gasteiger partial charge is 0.238 e. The van der Waals surface area contributed by atoms with E-state index < -0.39 is 0 Å². The van der Waals surface area contributed by atoms with Crippen LogP contribution in [0.4, 0.5) is 5.69 Å². The van der Waals surface area contributed by atoms with Crippen LogP contribution in [0.1, 0.15) is 24.0 Å². The van der Waals surface area contributed by atoms with Gasteiger partial charge in [-0.05, 0) is 38.3 Å². The molecule has 0 radical (unpaired) electrons. The lowest BCUT2D eigenvalue weighted by atomic mass is 9.85. The summed E-state index contributed by atoms with van der Waals surface area (Å²) in [6, 6.07) is 5.84. The Bertz CT molecular complexity index is 562. The van der Waals surface area contributed by atoms with Crippen molar-refractivity contribution in [1.82, 2.24) is 0 Å². The van der Waals surface area contributed by atoms with Gasteiger partial charge in [0.2, 0.25) is 11.8 Å². The third kappa shape index (κ3) is 1.81. The molecular formula is C16H17NO2. The first-order chi connectivity index (χ1) is 9.09. The first-order valence-electron chi connectivity index (χ1n) is 6.69. The highest BCUT2D eigenvalue weighted by Crippen LogP contribution is 2.38. The summed E-state index contributed by atoms with van der Waals surface area (Å²) in [6.07, 6.45) is 5.41. The van der Waals surface area contributed by atoms with Crippen LogP contribution in [0.2, 0.25) is 0 Å². The molecule has 0 aromatic heterocycles. The predicted octanol–water partition coefficient (Wildman–Crippen LogP) is 2.76. The Morgan fingerprint density at radius 3 is 2.11 bits per heavy atom. The first kappa shape index (κ1) is 12.2. The number of allylic oxidation sites excluding steroid dienone is 2. The third-order valence-electron chi connectivity index (χ3n) is 4.10. The van der Waals surface area contributed by atoms with Crippen LogP contribution in [0.15, 0.2) is 30.4 Å². The minimum atomic E-state index is -0.154. The second-order valence-corrected chi connectivity index (χ2v) is 5.46. The minimum absolute atomic E-state index is 0.0358. The lowest BCUT2D eigenvalue weighted by molar-refractivity contribution is -0.122. The molecule has 19 heavy (non-hydrogen) atoms. The molecule has 3 nitrogen and oxygen atoms in total. The number of anilines is 1. The van der Waals surface area contributed by atoms with Gasteiger partial charge in [-0.1, -0.05) is 29.8 Å². The van der Waals surface area contributed by atoms with E-state index in [1.807, 2.05) is 44.2 Å². The van der Waals surface area contributed by atoms with E-state index in [1.165, 1.54) is 4.90 Å². The molecule has 0 spiro atoms. The van der Waals surface area contributed by atoms with Gasteiger partial charge in [-0.3, -0.25) is 9.59 Å². The molecule has 0 N–H and O–H groups in total. The van der Waals surface area contributed by atoms with Gasteiger partial charge < -0.3 is 0 Å². The zero-order chi connectivity index (χ0) is 13.6. The number of carbonyl (C=O) groups is 2. The topological polar surface area (TPSA) is 37.4 Å². The molecule has 2 amide bonds. The number of rotatable bonds is 1. The second kappa shape index (κ2) is 4.34. The Morgan fingerprint density at radius 1 is 1.00 bits per heavy atom. The Balaban J connectivity index is 2.02. The van der Waals surface area contributed by atoms with Gasteiger partial charge in [-0.2, -0.15) is 0 Å². The summed E-state index contributed by atoms with van der Waals surface area (Å²) in [4.78, 5) is 26.3. The molecule has 3 heteroatoms. The lowest BCUT2D eigenvalue weighted by Gasteiger charge is -2.17. The molecule has 1 heterocycles. The summed E-state index contributed by atoms with van der Waals surface area (Å²) in [5.41, 5.74) is 2.86. The van der Waals surface area contributed by atoms with E-state index in [0.717, 1.165) is 16.8 Å². The molecule has 1 aromatic rings. The summed E-state index contributed by atoms with van der Waals surface area (Å²) < 4.78 is 0. The fraction of sp³-hybridized carbons (Fsp3) is 0.375. The van der Waals surface area contributed by atoms with Gasteiger partial charge in [0.05, 0.1) is 17.5 Å². The number of hydrogen-bond acceptors (Lipinski definition) is 2. The summed E-state index contributed by atoms with van der Waals surface area (Å²) in [5.74, 6) is -0.381. The number of nitrogens with zero attached hydrogens (tertiary/aromatic N) is 1. The number of amides is 2. The molecule has 1 aromatic carbocycles. The standard InChI is InChI=1S/C16H17NO2/c1-10-7-8-14(11(2)9-10)17-15(18)12-5-3-4-6-13(12)16(17)19/h3-4,7-9,12-13H,5-6H2,1-2H3/t12-,13-/m1/s1. The molecule has 1 aliphatic heterocycles. The van der Waals surface area contributed by atoms with E-state index in [9.17, 15) is 9.59 Å². The summed E-state index contributed by atoms with van der Waals surface area (Å²) in [6.45, 7) is 3.96. The number of imide groups is 1. The summed E-state index contributed by atoms with van der Waals surface area (Å²) in [5, 5.41) is 0. The average molecular weight is 255 g/mol. The van der Waals surface area contributed by atoms with Crippen molar-refractivity contribution < 1.29 is 9.59 Å². The highest BCUT2D eigenvalue weighted by Gasteiger charge is 2.48. The van der Waals surface area contributed by atoms with E-state index in [2.05, 4.69) is 0 Å². The molecule has 0 saturated carbocycles. The van der Waals surface area contributed by atoms with Crippen molar-refractivity contribution in [3.8, 4) is 0 Å². The lowest BCUT2D eigenvalue weighted by Crippen LogP contribution is -2.31. The molecular weight excluding hydrogens is 238 g/mol. The van der Waals surface area contributed by atoms with Crippen LogP contribution in [0.25, 0.3) is 0 Å². The molecule has 0 bridgehead atoms. The molecule has 3 rings (SSSR count). The van der Waals surface area contributed by atoms with Crippen LogP contribution in [-0.2, 0) is 9.59 Å². The van der Waals surface area contributed by atoms with E-state index in [-0.39, 0.29) is 23.7 Å². The fourth-order valence-corrected chi connectivity index (χ4v) is 3.09. The van der Waals surface area contributed by atoms with Gasteiger partial charge in [0.15, 0.2) is 0 Å². The van der Waals surface area contributed by atoms with E-state index in [1.54, 1.807) is 0 Å². The van der Waals surface area contributed by atoms with Crippen molar-refractivity contribution >= 4 is 17.5 Å². The third-order valence-corrected chi connectivity index (χ3v) is 4.10. The van der Waals surface area contributed by atoms with Gasteiger partial charge >= 0.3 is 0 Å². The molecule has 0 unspecified atom stereocenters. The molecule has 1 fully saturated rings. The van der Waals surface area contributed by atoms with Crippen LogP contribution >= 0.6 is 0 Å². The normalized spacial score (nSPS) is 25.9. The number of aryl methyl sites for hydroxylation is 2. The van der Waals surface area contributed by atoms with Crippen molar-refractivity contribution in [3.05, 3.63) is 41.5 Å². The first-order valence-corrected chi connectivity index (χ1v) is 6.69. The van der Waals surface area contributed by atoms with Crippen LogP contribution in [0.3, 0.4) is 0 Å². The van der Waals surface area contributed by atoms with Gasteiger partial charge in [0, 0.05) is 0 Å². The molecule has 1 aliphatic carbocycles. The van der Waals surface area contributed by atoms with Crippen molar-refractivity contribution in [2.45, 2.75) is 26.7 Å². The average Bonchev–Trinajstić information content (AvgIpc) is 2.64. The quantitative estimate of drug-likeness (QED) is 0.571. The molecule has 2 aliphatic rings. The SMILES string of the molecule is Cc1ccc(N2C(=O)[C@@H]3CC=CC[C@H]3C2=O)c(C)c1. The molecule has 1 saturated heterocycles. The van der Waals surface area contributed by atoms with Crippen LogP contribution in [0, 0.1) is 25.7 Å². The Hall–Kier alpha value is -1.90. The van der Waals surface area contributed by atoms with Crippen LogP contribution < -0.4 is 4.90 Å². The largest absolute Gasteiger partial charge is 0.274 e. The van der Waals surface area contributed by atoms with E-state index >= 15 is 0 Å². The Labute approximate surface area is 112 Å². The van der Waals surface area contributed by atoms with Crippen molar-refractivity contribution in [2.24, 2.45) is 11.8 Å². The highest BCUT2D eigenvalue weighted by atomic mass is 16.2. The fourth-order valence-electron chi connectivity index (χ4n) is 3.09. The monoisotopic (exact) mass is 255 g/mol. The van der Waals surface area contributed by atoms with Crippen LogP contribution in [-0.4, -0.2) is 11.8 Å². The Kier molecular flexibility index (Phi) is 2.77. The zero-order valence-corrected chi connectivity index (χ0v) is 11.2. The van der Waals surface area contributed by atoms with E-state index in [4.69, 9.17) is 0 Å². The predicted molar refractivity (Wildman–Crippen MR) is 73.8 cm³/mol. The highest BCUT2D eigenvalue weighted by molar-refractivity contribution is 6.22. The van der Waals surface area contributed by atoms with Crippen molar-refractivity contribution in [1.29, 1.82) is 0 Å². The van der Waals surface area contributed by atoms with Crippen molar-refractivity contribution in [2.75, 3.05) is 4.90 Å².